The Morgan fingerprint density at radius 3 is 2.68 bits per heavy atom. The highest BCUT2D eigenvalue weighted by molar-refractivity contribution is 6.30. The summed E-state index contributed by atoms with van der Waals surface area (Å²) in [6.07, 6.45) is 4.11. The Labute approximate surface area is 138 Å². The van der Waals surface area contributed by atoms with Crippen LogP contribution >= 0.6 is 11.6 Å². The first-order chi connectivity index (χ1) is 10.7. The Bertz CT molecular complexity index is 528. The summed E-state index contributed by atoms with van der Waals surface area (Å²) in [4.78, 5) is 2.79. The van der Waals surface area contributed by atoms with E-state index in [0.717, 1.165) is 31.3 Å². The topological polar surface area (TPSA) is 24.5 Å². The average molecular weight is 321 g/mol. The molecule has 120 valence electrons. The molecule has 3 nitrogen and oxygen atoms in total. The van der Waals surface area contributed by atoms with Crippen molar-refractivity contribution in [3.63, 3.8) is 0 Å². The number of ether oxygens (including phenoxy) is 1. The lowest BCUT2D eigenvalue weighted by Gasteiger charge is -2.46. The summed E-state index contributed by atoms with van der Waals surface area (Å²) in [6.45, 7) is 6.47. The smallest absolute Gasteiger partial charge is 0.0675 e. The van der Waals surface area contributed by atoms with E-state index in [4.69, 9.17) is 16.3 Å². The van der Waals surface area contributed by atoms with Gasteiger partial charge in [0.2, 0.25) is 0 Å². The lowest BCUT2D eigenvalue weighted by molar-refractivity contribution is -0.0890. The molecule has 1 aromatic rings. The fraction of sp³-hybridized carbons (Fsp3) is 0.667. The summed E-state index contributed by atoms with van der Waals surface area (Å²) in [5.41, 5.74) is 1.66. The number of halogens is 1. The van der Waals surface area contributed by atoms with E-state index < -0.39 is 0 Å². The molecular formula is C18H25ClN2O. The van der Waals surface area contributed by atoms with Crippen molar-refractivity contribution in [2.75, 3.05) is 26.2 Å². The van der Waals surface area contributed by atoms with Gasteiger partial charge in [0, 0.05) is 23.5 Å². The van der Waals surface area contributed by atoms with Crippen molar-refractivity contribution in [3.05, 3.63) is 34.9 Å². The molecule has 1 N–H and O–H groups in total. The molecule has 0 bridgehead atoms. The normalized spacial score (nSPS) is 36.6. The van der Waals surface area contributed by atoms with Crippen LogP contribution in [0.3, 0.4) is 0 Å². The van der Waals surface area contributed by atoms with Gasteiger partial charge in [-0.2, -0.15) is 0 Å². The summed E-state index contributed by atoms with van der Waals surface area (Å²) in [5, 5.41) is 4.31. The van der Waals surface area contributed by atoms with E-state index in [9.17, 15) is 0 Å². The Morgan fingerprint density at radius 1 is 1.23 bits per heavy atom. The van der Waals surface area contributed by atoms with Gasteiger partial charge in [0.15, 0.2) is 0 Å². The Kier molecular flexibility index (Phi) is 3.93. The van der Waals surface area contributed by atoms with Crippen molar-refractivity contribution in [1.82, 2.24) is 10.2 Å². The number of benzene rings is 1. The molecule has 4 heteroatoms. The minimum atomic E-state index is 0.238. The van der Waals surface area contributed by atoms with Crippen LogP contribution in [-0.2, 0) is 4.74 Å². The summed E-state index contributed by atoms with van der Waals surface area (Å²) in [6, 6.07) is 9.14. The second-order valence-electron chi connectivity index (χ2n) is 7.17. The molecular weight excluding hydrogens is 296 g/mol. The van der Waals surface area contributed by atoms with Crippen LogP contribution in [0.5, 0.6) is 0 Å². The van der Waals surface area contributed by atoms with Gasteiger partial charge in [-0.3, -0.25) is 4.90 Å². The molecule has 1 saturated carbocycles. The van der Waals surface area contributed by atoms with Crippen LogP contribution < -0.4 is 5.32 Å². The monoisotopic (exact) mass is 320 g/mol. The van der Waals surface area contributed by atoms with Crippen molar-refractivity contribution < 1.29 is 4.74 Å². The highest BCUT2D eigenvalue weighted by atomic mass is 35.5. The minimum Gasteiger partial charge on any atom is -0.375 e. The first kappa shape index (κ1) is 14.9. The number of nitrogens with one attached hydrogen (secondary N) is 1. The lowest BCUT2D eigenvalue weighted by Crippen LogP contribution is -2.57. The molecule has 0 radical (unpaired) electrons. The van der Waals surface area contributed by atoms with Gasteiger partial charge < -0.3 is 10.1 Å². The lowest BCUT2D eigenvalue weighted by atomic mass is 9.97. The van der Waals surface area contributed by atoms with Crippen LogP contribution in [0.25, 0.3) is 0 Å². The van der Waals surface area contributed by atoms with Gasteiger partial charge in [-0.25, -0.2) is 0 Å². The Balaban J connectivity index is 1.57. The maximum Gasteiger partial charge on any atom is 0.0675 e. The van der Waals surface area contributed by atoms with Crippen molar-refractivity contribution in [2.24, 2.45) is 0 Å². The quantitative estimate of drug-likeness (QED) is 0.906. The largest absolute Gasteiger partial charge is 0.375 e. The molecule has 3 aliphatic rings. The van der Waals surface area contributed by atoms with Crippen molar-refractivity contribution in [3.8, 4) is 0 Å². The van der Waals surface area contributed by atoms with Gasteiger partial charge in [0.05, 0.1) is 18.2 Å². The summed E-state index contributed by atoms with van der Waals surface area (Å²) in [7, 11) is 0. The molecule has 2 saturated heterocycles. The molecule has 1 spiro atoms. The van der Waals surface area contributed by atoms with Crippen LogP contribution in [-0.4, -0.2) is 48.8 Å². The van der Waals surface area contributed by atoms with Gasteiger partial charge in [0.25, 0.3) is 0 Å². The van der Waals surface area contributed by atoms with Gasteiger partial charge in [-0.05, 0) is 57.0 Å². The molecule has 4 rings (SSSR count). The molecule has 2 heterocycles. The molecule has 1 aliphatic carbocycles. The standard InChI is InChI=1S/C18H25ClN2O/c1-13-11-21(16-6-8-20-9-7-16)18(12-22-13)10-17(18)14-2-4-15(19)5-3-14/h2-5,13,16-17,20H,6-12H2,1H3/t13-,17-,18?/m0/s1. The SMILES string of the molecule is C[C@H]1CN(C2CCNCC2)C2(CO1)C[C@H]2c1ccc(Cl)cc1. The summed E-state index contributed by atoms with van der Waals surface area (Å²) < 4.78 is 6.07. The predicted octanol–water partition coefficient (Wildman–Crippen LogP) is 3.04. The van der Waals surface area contributed by atoms with E-state index in [1.807, 2.05) is 12.1 Å². The van der Waals surface area contributed by atoms with E-state index >= 15 is 0 Å². The molecule has 1 aromatic carbocycles. The summed E-state index contributed by atoms with van der Waals surface area (Å²) in [5.74, 6) is 0.604. The van der Waals surface area contributed by atoms with E-state index in [0.29, 0.717) is 18.1 Å². The summed E-state index contributed by atoms with van der Waals surface area (Å²) >= 11 is 6.04. The third-order valence-corrected chi connectivity index (χ3v) is 5.96. The molecule has 22 heavy (non-hydrogen) atoms. The van der Waals surface area contributed by atoms with Crippen LogP contribution in [0.2, 0.25) is 5.02 Å². The highest BCUT2D eigenvalue weighted by Gasteiger charge is 2.61. The Hall–Kier alpha value is -0.610. The first-order valence-electron chi connectivity index (χ1n) is 8.53. The number of nitrogens with zero attached hydrogens (tertiary/aromatic N) is 1. The van der Waals surface area contributed by atoms with E-state index in [1.165, 1.54) is 24.8 Å². The maximum absolute atomic E-state index is 6.07. The second-order valence-corrected chi connectivity index (χ2v) is 7.60. The van der Waals surface area contributed by atoms with Crippen LogP contribution in [0.15, 0.2) is 24.3 Å². The van der Waals surface area contributed by atoms with Crippen molar-refractivity contribution in [2.45, 2.75) is 49.8 Å². The third kappa shape index (κ3) is 2.58. The van der Waals surface area contributed by atoms with Gasteiger partial charge in [-0.15, -0.1) is 0 Å². The van der Waals surface area contributed by atoms with Crippen molar-refractivity contribution >= 4 is 11.6 Å². The number of hydrogen-bond donors (Lipinski definition) is 1. The Morgan fingerprint density at radius 2 is 1.95 bits per heavy atom. The molecule has 3 fully saturated rings. The number of hydrogen-bond acceptors (Lipinski definition) is 3. The molecule has 1 unspecified atom stereocenters. The first-order valence-corrected chi connectivity index (χ1v) is 8.91. The zero-order valence-electron chi connectivity index (χ0n) is 13.2. The molecule has 3 atom stereocenters. The number of piperidine rings is 1. The van der Waals surface area contributed by atoms with Crippen LogP contribution in [0.4, 0.5) is 0 Å². The van der Waals surface area contributed by atoms with Gasteiger partial charge >= 0.3 is 0 Å². The van der Waals surface area contributed by atoms with Gasteiger partial charge in [0.1, 0.15) is 0 Å². The molecule has 0 amide bonds. The highest BCUT2D eigenvalue weighted by Crippen LogP contribution is 2.58. The van der Waals surface area contributed by atoms with E-state index in [-0.39, 0.29) is 5.54 Å². The van der Waals surface area contributed by atoms with Crippen LogP contribution in [0, 0.1) is 0 Å². The van der Waals surface area contributed by atoms with E-state index in [1.54, 1.807) is 0 Å². The maximum atomic E-state index is 6.07. The molecule has 0 aromatic heterocycles. The minimum absolute atomic E-state index is 0.238. The third-order valence-electron chi connectivity index (χ3n) is 5.71. The zero-order valence-corrected chi connectivity index (χ0v) is 14.0. The average Bonchev–Trinajstić information content (AvgIpc) is 3.26. The molecule has 2 aliphatic heterocycles. The zero-order chi connectivity index (χ0) is 15.2. The second kappa shape index (κ2) is 5.79. The number of morpholine rings is 1. The van der Waals surface area contributed by atoms with Gasteiger partial charge in [-0.1, -0.05) is 23.7 Å². The van der Waals surface area contributed by atoms with E-state index in [2.05, 4.69) is 29.3 Å². The fourth-order valence-electron chi connectivity index (χ4n) is 4.41. The van der Waals surface area contributed by atoms with Crippen molar-refractivity contribution in [1.29, 1.82) is 0 Å². The number of rotatable bonds is 2. The fourth-order valence-corrected chi connectivity index (χ4v) is 4.53. The van der Waals surface area contributed by atoms with Crippen LogP contribution in [0.1, 0.15) is 37.7 Å². The predicted molar refractivity (Wildman–Crippen MR) is 89.6 cm³/mol.